The van der Waals surface area contributed by atoms with E-state index in [9.17, 15) is 9.59 Å². The number of likely N-dealkylation sites (tertiary alicyclic amines) is 1. The molecule has 108 valence electrons. The van der Waals surface area contributed by atoms with Gasteiger partial charge in [0.2, 0.25) is 5.91 Å². The molecule has 0 radical (unpaired) electrons. The highest BCUT2D eigenvalue weighted by Crippen LogP contribution is 2.38. The van der Waals surface area contributed by atoms with Gasteiger partial charge in [-0.15, -0.1) is 0 Å². The Hall–Kier alpha value is -1.78. The largest absolute Gasteiger partial charge is 0.481 e. The first-order valence-electron chi connectivity index (χ1n) is 7.15. The summed E-state index contributed by atoms with van der Waals surface area (Å²) in [5.74, 6) is -1.47. The Balaban J connectivity index is 1.77. The molecule has 20 heavy (non-hydrogen) atoms. The zero-order valence-electron chi connectivity index (χ0n) is 11.9. The molecule has 0 aromatic carbocycles. The van der Waals surface area contributed by atoms with Crippen LogP contribution in [0.4, 0.5) is 0 Å². The highest BCUT2D eigenvalue weighted by atomic mass is 16.4. The van der Waals surface area contributed by atoms with Crippen LogP contribution in [0.3, 0.4) is 0 Å². The maximum absolute atomic E-state index is 11.9. The number of hydrogen-bond donors (Lipinski definition) is 1. The number of carboxylic acids is 1. The van der Waals surface area contributed by atoms with Crippen LogP contribution in [0.2, 0.25) is 0 Å². The highest BCUT2D eigenvalue weighted by molar-refractivity contribution is 5.86. The molecule has 1 aromatic rings. The van der Waals surface area contributed by atoms with E-state index in [1.807, 2.05) is 0 Å². The first-order valence-corrected chi connectivity index (χ1v) is 7.15. The first-order chi connectivity index (χ1) is 9.47. The minimum absolute atomic E-state index is 0.0476. The minimum atomic E-state index is -0.871. The number of nitrogens with zero attached hydrogens (tertiary/aromatic N) is 2. The Bertz CT molecular complexity index is 572. The highest BCUT2D eigenvalue weighted by Gasteiger charge is 2.35. The third-order valence-corrected chi connectivity index (χ3v) is 4.43. The molecule has 1 aromatic heterocycles. The molecule has 1 saturated carbocycles. The van der Waals surface area contributed by atoms with Crippen LogP contribution < -0.4 is 0 Å². The Morgan fingerprint density at radius 1 is 1.40 bits per heavy atom. The normalized spacial score (nSPS) is 22.6. The van der Waals surface area contributed by atoms with Crippen molar-refractivity contribution in [2.45, 2.75) is 45.7 Å². The fourth-order valence-corrected chi connectivity index (χ4v) is 3.20. The molecular formula is C15H20N2O3. The summed E-state index contributed by atoms with van der Waals surface area (Å²) < 4.78 is 2.35. The molecule has 1 unspecified atom stereocenters. The van der Waals surface area contributed by atoms with Crippen LogP contribution in [0.15, 0.2) is 6.07 Å². The van der Waals surface area contributed by atoms with Crippen molar-refractivity contribution < 1.29 is 14.7 Å². The standard InChI is InChI=1S/C15H20N2O3/c1-9-5-11(10(2)17(9)13-3-4-13)7-16-8-12(15(19)20)6-14(16)18/h5,12-13H,3-4,6-8H2,1-2H3,(H,19,20). The molecule has 3 rings (SSSR count). The number of carbonyl (C=O) groups excluding carboxylic acids is 1. The molecule has 1 aliphatic carbocycles. The van der Waals surface area contributed by atoms with Crippen LogP contribution in [0, 0.1) is 19.8 Å². The lowest BCUT2D eigenvalue weighted by Gasteiger charge is -2.16. The van der Waals surface area contributed by atoms with Gasteiger partial charge < -0.3 is 14.6 Å². The van der Waals surface area contributed by atoms with Crippen molar-refractivity contribution in [2.75, 3.05) is 6.54 Å². The summed E-state index contributed by atoms with van der Waals surface area (Å²) >= 11 is 0. The predicted octanol–water partition coefficient (Wildman–Crippen LogP) is 1.87. The Morgan fingerprint density at radius 2 is 2.10 bits per heavy atom. The van der Waals surface area contributed by atoms with Gasteiger partial charge >= 0.3 is 5.97 Å². The molecule has 2 fully saturated rings. The second-order valence-corrected chi connectivity index (χ2v) is 6.01. The number of aromatic nitrogens is 1. The smallest absolute Gasteiger partial charge is 0.308 e. The SMILES string of the molecule is Cc1cc(CN2CC(C(=O)O)CC2=O)c(C)n1C1CC1. The second kappa shape index (κ2) is 4.65. The zero-order valence-corrected chi connectivity index (χ0v) is 11.9. The van der Waals surface area contributed by atoms with Crippen molar-refractivity contribution in [1.82, 2.24) is 9.47 Å². The molecule has 0 bridgehead atoms. The lowest BCUT2D eigenvalue weighted by atomic mass is 10.1. The quantitative estimate of drug-likeness (QED) is 0.913. The lowest BCUT2D eigenvalue weighted by molar-refractivity contribution is -0.141. The number of amides is 1. The van der Waals surface area contributed by atoms with E-state index in [1.165, 1.54) is 24.2 Å². The van der Waals surface area contributed by atoms with Gasteiger partial charge in [-0.25, -0.2) is 0 Å². The van der Waals surface area contributed by atoms with Gasteiger partial charge in [0.15, 0.2) is 0 Å². The van der Waals surface area contributed by atoms with E-state index in [0.717, 1.165) is 5.56 Å². The van der Waals surface area contributed by atoms with Crippen LogP contribution >= 0.6 is 0 Å². The fraction of sp³-hybridized carbons (Fsp3) is 0.600. The van der Waals surface area contributed by atoms with Crippen molar-refractivity contribution >= 4 is 11.9 Å². The van der Waals surface area contributed by atoms with Crippen molar-refractivity contribution in [3.8, 4) is 0 Å². The van der Waals surface area contributed by atoms with Gasteiger partial charge in [-0.2, -0.15) is 0 Å². The third kappa shape index (κ3) is 2.21. The predicted molar refractivity (Wildman–Crippen MR) is 73.3 cm³/mol. The van der Waals surface area contributed by atoms with Crippen molar-refractivity contribution in [1.29, 1.82) is 0 Å². The summed E-state index contributed by atoms with van der Waals surface area (Å²) in [4.78, 5) is 24.6. The maximum Gasteiger partial charge on any atom is 0.308 e. The van der Waals surface area contributed by atoms with Gasteiger partial charge in [0, 0.05) is 36.9 Å². The van der Waals surface area contributed by atoms with E-state index in [4.69, 9.17) is 5.11 Å². The van der Waals surface area contributed by atoms with Gasteiger partial charge in [-0.3, -0.25) is 9.59 Å². The van der Waals surface area contributed by atoms with Gasteiger partial charge in [-0.1, -0.05) is 0 Å². The number of aryl methyl sites for hydroxylation is 1. The van der Waals surface area contributed by atoms with Crippen molar-refractivity contribution in [2.24, 2.45) is 5.92 Å². The van der Waals surface area contributed by atoms with Crippen molar-refractivity contribution in [3.05, 3.63) is 23.0 Å². The Kier molecular flexibility index (Phi) is 3.07. The molecule has 5 heteroatoms. The number of rotatable bonds is 4. The zero-order chi connectivity index (χ0) is 14.4. The van der Waals surface area contributed by atoms with Crippen LogP contribution in [-0.4, -0.2) is 33.0 Å². The molecule has 1 N–H and O–H groups in total. The van der Waals surface area contributed by atoms with Crippen LogP contribution in [-0.2, 0) is 16.1 Å². The molecule has 2 aliphatic rings. The summed E-state index contributed by atoms with van der Waals surface area (Å²) in [6.07, 6.45) is 2.61. The van der Waals surface area contributed by atoms with E-state index in [1.54, 1.807) is 4.90 Å². The molecule has 2 heterocycles. The number of carbonyl (C=O) groups is 2. The van der Waals surface area contributed by atoms with Crippen molar-refractivity contribution in [3.63, 3.8) is 0 Å². The lowest BCUT2D eigenvalue weighted by Crippen LogP contribution is -2.26. The van der Waals surface area contributed by atoms with Gasteiger partial charge in [-0.05, 0) is 38.3 Å². The summed E-state index contributed by atoms with van der Waals surface area (Å²) in [7, 11) is 0. The average Bonchev–Trinajstić information content (AvgIpc) is 3.07. The van der Waals surface area contributed by atoms with Crippen LogP contribution in [0.1, 0.15) is 42.3 Å². The van der Waals surface area contributed by atoms with Crippen LogP contribution in [0.25, 0.3) is 0 Å². The van der Waals surface area contributed by atoms with E-state index in [0.29, 0.717) is 19.1 Å². The molecule has 5 nitrogen and oxygen atoms in total. The number of carboxylic acid groups (broad SMARTS) is 1. The van der Waals surface area contributed by atoms with E-state index >= 15 is 0 Å². The number of hydrogen-bond acceptors (Lipinski definition) is 2. The molecule has 1 aliphatic heterocycles. The first kappa shape index (κ1) is 13.2. The van der Waals surface area contributed by atoms with Gasteiger partial charge in [0.25, 0.3) is 0 Å². The summed E-state index contributed by atoms with van der Waals surface area (Å²) in [5.41, 5.74) is 3.60. The molecule has 0 spiro atoms. The number of aliphatic carboxylic acids is 1. The topological polar surface area (TPSA) is 62.5 Å². The van der Waals surface area contributed by atoms with Gasteiger partial charge in [0.1, 0.15) is 0 Å². The fourth-order valence-electron chi connectivity index (χ4n) is 3.20. The maximum atomic E-state index is 11.9. The van der Waals surface area contributed by atoms with Crippen LogP contribution in [0.5, 0.6) is 0 Å². The van der Waals surface area contributed by atoms with E-state index in [-0.39, 0.29) is 12.3 Å². The summed E-state index contributed by atoms with van der Waals surface area (Å²) in [5, 5.41) is 9.02. The summed E-state index contributed by atoms with van der Waals surface area (Å²) in [6.45, 7) is 5.06. The monoisotopic (exact) mass is 276 g/mol. The summed E-state index contributed by atoms with van der Waals surface area (Å²) in [6, 6.07) is 2.76. The molecule has 1 amide bonds. The molecular weight excluding hydrogens is 256 g/mol. The van der Waals surface area contributed by atoms with E-state index < -0.39 is 11.9 Å². The Morgan fingerprint density at radius 3 is 2.65 bits per heavy atom. The molecule has 1 saturated heterocycles. The second-order valence-electron chi connectivity index (χ2n) is 6.01. The van der Waals surface area contributed by atoms with Gasteiger partial charge in [0.05, 0.1) is 5.92 Å². The Labute approximate surface area is 118 Å². The minimum Gasteiger partial charge on any atom is -0.481 e. The van der Waals surface area contributed by atoms with E-state index in [2.05, 4.69) is 24.5 Å². The average molecular weight is 276 g/mol. The third-order valence-electron chi connectivity index (χ3n) is 4.43. The molecule has 1 atom stereocenters.